The van der Waals surface area contributed by atoms with E-state index in [1.165, 1.54) is 28.4 Å². The van der Waals surface area contributed by atoms with Crippen molar-refractivity contribution >= 4 is 11.8 Å². The minimum Gasteiger partial charge on any atom is -0.515 e. The first-order valence-electron chi connectivity index (χ1n) is 10.4. The van der Waals surface area contributed by atoms with Crippen LogP contribution in [0.15, 0.2) is 36.1 Å². The van der Waals surface area contributed by atoms with Crippen molar-refractivity contribution in [3.8, 4) is 23.0 Å². The summed E-state index contributed by atoms with van der Waals surface area (Å²) in [5, 5.41) is 10.0. The number of ether oxygens (including phenoxy) is 5. The molecule has 176 valence electrons. The molecule has 0 bridgehead atoms. The Bertz CT molecular complexity index is 1080. The van der Waals surface area contributed by atoms with Gasteiger partial charge in [0.2, 0.25) is 5.75 Å². The van der Waals surface area contributed by atoms with Gasteiger partial charge in [0.15, 0.2) is 17.3 Å². The van der Waals surface area contributed by atoms with E-state index in [4.69, 9.17) is 23.7 Å². The molecule has 0 saturated carbocycles. The van der Waals surface area contributed by atoms with Gasteiger partial charge in [0.25, 0.3) is 0 Å². The van der Waals surface area contributed by atoms with E-state index in [1.807, 2.05) is 6.92 Å². The van der Waals surface area contributed by atoms with Crippen molar-refractivity contribution in [1.29, 1.82) is 0 Å². The van der Waals surface area contributed by atoms with E-state index < -0.39 is 23.6 Å². The van der Waals surface area contributed by atoms with Gasteiger partial charge in [-0.3, -0.25) is 9.59 Å². The number of Topliss-reactive ketones (excluding diaryl/α,β-unsaturated/α-hetero) is 1. The Morgan fingerprint density at radius 3 is 2.06 bits per heavy atom. The number of aryl methyl sites for hydroxylation is 1. The topological polar surface area (TPSA) is 101 Å². The molecule has 8 heteroatoms. The molecular weight excluding hydrogens is 428 g/mol. The fourth-order valence-corrected chi connectivity index (χ4v) is 4.32. The third-order valence-electron chi connectivity index (χ3n) is 5.80. The maximum absolute atomic E-state index is 13.3. The monoisotopic (exact) mass is 456 g/mol. The normalized spacial score (nSPS) is 18.5. The van der Waals surface area contributed by atoms with Gasteiger partial charge in [-0.15, -0.1) is 0 Å². The summed E-state index contributed by atoms with van der Waals surface area (Å²) in [7, 11) is 6.02. The second-order valence-electron chi connectivity index (χ2n) is 7.49. The summed E-state index contributed by atoms with van der Waals surface area (Å²) < 4.78 is 27.2. The molecule has 1 N–H and O–H groups in total. The number of aliphatic hydroxyl groups is 1. The summed E-state index contributed by atoms with van der Waals surface area (Å²) in [6.45, 7) is 3.62. The minimum absolute atomic E-state index is 0.0516. The average Bonchev–Trinajstić information content (AvgIpc) is 2.82. The lowest BCUT2D eigenvalue weighted by atomic mass is 9.68. The van der Waals surface area contributed by atoms with Crippen LogP contribution in [0.4, 0.5) is 0 Å². The van der Waals surface area contributed by atoms with Crippen molar-refractivity contribution in [3.05, 3.63) is 58.4 Å². The number of carbonyl (C=O) groups excluding carboxylic acids is 2. The van der Waals surface area contributed by atoms with Crippen molar-refractivity contribution in [2.75, 3.05) is 35.0 Å². The van der Waals surface area contributed by atoms with Crippen molar-refractivity contribution in [1.82, 2.24) is 0 Å². The molecular formula is C25H28O8. The van der Waals surface area contributed by atoms with Crippen molar-refractivity contribution in [2.24, 2.45) is 5.92 Å². The smallest absolute Gasteiger partial charge is 0.314 e. The fourth-order valence-electron chi connectivity index (χ4n) is 4.32. The highest BCUT2D eigenvalue weighted by atomic mass is 16.5. The number of aliphatic hydroxyl groups excluding tert-OH is 1. The molecule has 0 aromatic heterocycles. The number of fused-ring (bicyclic) bond motifs is 1. The summed E-state index contributed by atoms with van der Waals surface area (Å²) in [6, 6.07) is 6.89. The number of hydrogen-bond acceptors (Lipinski definition) is 8. The number of esters is 1. The van der Waals surface area contributed by atoms with E-state index in [1.54, 1.807) is 31.2 Å². The van der Waals surface area contributed by atoms with Crippen molar-refractivity contribution in [2.45, 2.75) is 19.8 Å². The summed E-state index contributed by atoms with van der Waals surface area (Å²) in [5.74, 6) is -1.12. The molecule has 2 atom stereocenters. The second kappa shape index (κ2) is 9.85. The molecule has 0 amide bonds. The van der Waals surface area contributed by atoms with E-state index in [9.17, 15) is 14.7 Å². The number of hydrogen-bond donors (Lipinski definition) is 1. The molecule has 0 spiro atoms. The second-order valence-corrected chi connectivity index (χ2v) is 7.49. The molecule has 3 rings (SSSR count). The first-order valence-corrected chi connectivity index (χ1v) is 10.4. The Hall–Kier alpha value is -3.68. The quantitative estimate of drug-likeness (QED) is 0.379. The molecule has 0 saturated heterocycles. The maximum atomic E-state index is 13.3. The van der Waals surface area contributed by atoms with Crippen LogP contribution in [0.3, 0.4) is 0 Å². The molecule has 0 heterocycles. The predicted molar refractivity (Wildman–Crippen MR) is 121 cm³/mol. The van der Waals surface area contributed by atoms with E-state index in [2.05, 4.69) is 0 Å². The van der Waals surface area contributed by atoms with Gasteiger partial charge >= 0.3 is 5.97 Å². The highest BCUT2D eigenvalue weighted by molar-refractivity contribution is 6.14. The molecule has 0 radical (unpaired) electrons. The minimum atomic E-state index is -1.09. The van der Waals surface area contributed by atoms with Crippen LogP contribution >= 0.6 is 0 Å². The predicted octanol–water partition coefficient (Wildman–Crippen LogP) is 3.98. The average molecular weight is 456 g/mol. The highest BCUT2D eigenvalue weighted by Gasteiger charge is 2.45. The SMILES string of the molecule is CCOC(=O)[C@@H]1/C(=C\O)C(=O)c2cc(C)c(OC)cc2[C@H]1c1cc(OC)c(OC)c(OC)c1. The van der Waals surface area contributed by atoms with Crippen LogP contribution in [0.1, 0.15) is 39.9 Å². The van der Waals surface area contributed by atoms with E-state index >= 15 is 0 Å². The Balaban J connectivity index is 2.39. The maximum Gasteiger partial charge on any atom is 0.314 e. The standard InChI is InChI=1S/C25H28O8/c1-7-33-25(28)22-17(12-26)23(27)16-8-13(2)18(29-3)11-15(16)21(22)14-9-19(30-4)24(32-6)20(10-14)31-5/h8-12,21-22,26H,7H2,1-6H3/b17-12+/t21-,22-/m1/s1. The van der Waals surface area contributed by atoms with Gasteiger partial charge in [-0.2, -0.15) is 0 Å². The number of carbonyl (C=O) groups is 2. The fraction of sp³-hybridized carbons (Fsp3) is 0.360. The van der Waals surface area contributed by atoms with Crippen LogP contribution in [0.25, 0.3) is 0 Å². The van der Waals surface area contributed by atoms with Gasteiger partial charge in [-0.05, 0) is 54.8 Å². The zero-order chi connectivity index (χ0) is 24.3. The van der Waals surface area contributed by atoms with Gasteiger partial charge in [0.1, 0.15) is 5.75 Å². The lowest BCUT2D eigenvalue weighted by Crippen LogP contribution is -2.35. The van der Waals surface area contributed by atoms with E-state index in [0.29, 0.717) is 46.0 Å². The summed E-state index contributed by atoms with van der Waals surface area (Å²) >= 11 is 0. The summed E-state index contributed by atoms with van der Waals surface area (Å²) in [6.07, 6.45) is 0.692. The van der Waals surface area contributed by atoms with Gasteiger partial charge in [0, 0.05) is 17.1 Å². The molecule has 2 aromatic carbocycles. The molecule has 8 nitrogen and oxygen atoms in total. The first-order chi connectivity index (χ1) is 15.9. The third kappa shape index (κ3) is 4.08. The molecule has 0 unspecified atom stereocenters. The van der Waals surface area contributed by atoms with Gasteiger partial charge in [-0.25, -0.2) is 0 Å². The Morgan fingerprint density at radius 2 is 1.58 bits per heavy atom. The lowest BCUT2D eigenvalue weighted by Gasteiger charge is -2.34. The van der Waals surface area contributed by atoms with Crippen LogP contribution in [-0.4, -0.2) is 51.9 Å². The molecule has 1 aliphatic rings. The van der Waals surface area contributed by atoms with Crippen LogP contribution in [0, 0.1) is 12.8 Å². The van der Waals surface area contributed by atoms with Gasteiger partial charge in [-0.1, -0.05) is 0 Å². The molecule has 2 aromatic rings. The van der Waals surface area contributed by atoms with E-state index in [0.717, 1.165) is 5.56 Å². The van der Waals surface area contributed by atoms with Crippen molar-refractivity contribution < 1.29 is 38.4 Å². The largest absolute Gasteiger partial charge is 0.515 e. The highest BCUT2D eigenvalue weighted by Crippen LogP contribution is 2.49. The zero-order valence-electron chi connectivity index (χ0n) is 19.6. The Labute approximate surface area is 192 Å². The van der Waals surface area contributed by atoms with Crippen LogP contribution in [0.2, 0.25) is 0 Å². The number of ketones is 1. The summed E-state index contributed by atoms with van der Waals surface area (Å²) in [5.41, 5.74) is 2.25. The Kier molecular flexibility index (Phi) is 7.16. The first kappa shape index (κ1) is 24.0. The number of methoxy groups -OCH3 is 4. The number of rotatable bonds is 7. The van der Waals surface area contributed by atoms with Crippen LogP contribution in [-0.2, 0) is 9.53 Å². The third-order valence-corrected chi connectivity index (χ3v) is 5.80. The lowest BCUT2D eigenvalue weighted by molar-refractivity contribution is -0.147. The molecule has 1 aliphatic carbocycles. The van der Waals surface area contributed by atoms with Crippen LogP contribution in [0.5, 0.6) is 23.0 Å². The van der Waals surface area contributed by atoms with Crippen LogP contribution < -0.4 is 18.9 Å². The zero-order valence-corrected chi connectivity index (χ0v) is 19.6. The van der Waals surface area contributed by atoms with E-state index in [-0.39, 0.29) is 12.2 Å². The van der Waals surface area contributed by atoms with Gasteiger partial charge in [0.05, 0.1) is 47.2 Å². The molecule has 33 heavy (non-hydrogen) atoms. The number of benzene rings is 2. The molecule has 0 fully saturated rings. The Morgan fingerprint density at radius 1 is 0.970 bits per heavy atom. The van der Waals surface area contributed by atoms with Crippen molar-refractivity contribution in [3.63, 3.8) is 0 Å². The summed E-state index contributed by atoms with van der Waals surface area (Å²) in [4.78, 5) is 26.4. The molecule has 0 aliphatic heterocycles. The van der Waals surface area contributed by atoms with Gasteiger partial charge < -0.3 is 28.8 Å².